The molecule has 3 heteroatoms. The average Bonchev–Trinajstić information content (AvgIpc) is 2.32. The maximum absolute atomic E-state index is 11.5. The van der Waals surface area contributed by atoms with Gasteiger partial charge in [0.25, 0.3) is 0 Å². The molecule has 0 aliphatic heterocycles. The number of esters is 1. The second-order valence-electron chi connectivity index (χ2n) is 4.78. The van der Waals surface area contributed by atoms with Crippen LogP contribution in [0.25, 0.3) is 0 Å². The van der Waals surface area contributed by atoms with E-state index in [1.165, 1.54) is 11.1 Å². The highest BCUT2D eigenvalue weighted by molar-refractivity contribution is 5.72. The first kappa shape index (κ1) is 14.7. The molecule has 0 heterocycles. The van der Waals surface area contributed by atoms with E-state index in [1.54, 1.807) is 0 Å². The summed E-state index contributed by atoms with van der Waals surface area (Å²) in [6.07, 6.45) is 0. The lowest BCUT2D eigenvalue weighted by molar-refractivity contribution is -0.147. The van der Waals surface area contributed by atoms with Crippen molar-refractivity contribution in [3.8, 4) is 0 Å². The van der Waals surface area contributed by atoms with Crippen molar-refractivity contribution in [1.82, 2.24) is 4.90 Å². The maximum atomic E-state index is 11.5. The minimum Gasteiger partial charge on any atom is -0.466 e. The molecule has 1 unspecified atom stereocenters. The third-order valence-electron chi connectivity index (χ3n) is 2.98. The number of benzene rings is 1. The van der Waals surface area contributed by atoms with Gasteiger partial charge in [0.05, 0.1) is 12.5 Å². The molecule has 0 saturated heterocycles. The molecule has 1 rings (SSSR count). The summed E-state index contributed by atoms with van der Waals surface area (Å²) in [5, 5.41) is 0. The number of nitrogens with zero attached hydrogens (tertiary/aromatic N) is 1. The summed E-state index contributed by atoms with van der Waals surface area (Å²) in [6, 6.07) is 8.32. The van der Waals surface area contributed by atoms with E-state index in [0.29, 0.717) is 13.2 Å². The molecule has 0 fully saturated rings. The van der Waals surface area contributed by atoms with Crippen LogP contribution in [0, 0.1) is 12.8 Å². The maximum Gasteiger partial charge on any atom is 0.309 e. The fraction of sp³-hybridized carbons (Fsp3) is 0.533. The van der Waals surface area contributed by atoms with Gasteiger partial charge in [-0.3, -0.25) is 4.79 Å². The second-order valence-corrected chi connectivity index (χ2v) is 4.78. The molecule has 18 heavy (non-hydrogen) atoms. The van der Waals surface area contributed by atoms with Gasteiger partial charge < -0.3 is 9.64 Å². The Kier molecular flexibility index (Phi) is 5.86. The number of hydrogen-bond acceptors (Lipinski definition) is 3. The van der Waals surface area contributed by atoms with Gasteiger partial charge in [-0.15, -0.1) is 0 Å². The first-order valence-corrected chi connectivity index (χ1v) is 6.44. The number of carbonyl (C=O) groups is 1. The molecule has 0 aliphatic carbocycles. The van der Waals surface area contributed by atoms with E-state index >= 15 is 0 Å². The van der Waals surface area contributed by atoms with Crippen LogP contribution in [0.3, 0.4) is 0 Å². The quantitative estimate of drug-likeness (QED) is 0.726. The highest BCUT2D eigenvalue weighted by Gasteiger charge is 2.16. The third kappa shape index (κ3) is 4.49. The fourth-order valence-corrected chi connectivity index (χ4v) is 1.97. The fourth-order valence-electron chi connectivity index (χ4n) is 1.97. The highest BCUT2D eigenvalue weighted by Crippen LogP contribution is 2.11. The largest absolute Gasteiger partial charge is 0.466 e. The zero-order chi connectivity index (χ0) is 13.5. The van der Waals surface area contributed by atoms with Crippen LogP contribution in [-0.2, 0) is 16.1 Å². The topological polar surface area (TPSA) is 29.5 Å². The molecule has 0 aromatic heterocycles. The van der Waals surface area contributed by atoms with E-state index < -0.39 is 0 Å². The normalized spacial score (nSPS) is 12.5. The molecule has 0 N–H and O–H groups in total. The molecule has 100 valence electrons. The van der Waals surface area contributed by atoms with E-state index in [0.717, 1.165) is 6.54 Å². The lowest BCUT2D eigenvalue weighted by Gasteiger charge is -2.21. The Morgan fingerprint density at radius 2 is 2.06 bits per heavy atom. The molecule has 0 radical (unpaired) electrons. The molecule has 0 saturated carbocycles. The van der Waals surface area contributed by atoms with Crippen LogP contribution < -0.4 is 0 Å². The predicted octanol–water partition coefficient (Wildman–Crippen LogP) is 2.63. The number of hydrogen-bond donors (Lipinski definition) is 0. The Balaban J connectivity index is 2.49. The van der Waals surface area contributed by atoms with Gasteiger partial charge in [0.1, 0.15) is 0 Å². The summed E-state index contributed by atoms with van der Waals surface area (Å²) in [4.78, 5) is 13.7. The van der Waals surface area contributed by atoms with Crippen LogP contribution in [0.1, 0.15) is 25.0 Å². The molecule has 0 spiro atoms. The lowest BCUT2D eigenvalue weighted by atomic mass is 10.1. The Hall–Kier alpha value is -1.35. The van der Waals surface area contributed by atoms with E-state index in [-0.39, 0.29) is 11.9 Å². The van der Waals surface area contributed by atoms with Crippen molar-refractivity contribution in [2.75, 3.05) is 20.2 Å². The predicted molar refractivity (Wildman–Crippen MR) is 73.3 cm³/mol. The minimum atomic E-state index is -0.117. The van der Waals surface area contributed by atoms with Crippen LogP contribution in [-0.4, -0.2) is 31.1 Å². The van der Waals surface area contributed by atoms with Crippen LogP contribution in [0.2, 0.25) is 0 Å². The first-order valence-electron chi connectivity index (χ1n) is 6.44. The molecule has 0 bridgehead atoms. The van der Waals surface area contributed by atoms with Gasteiger partial charge in [-0.2, -0.15) is 0 Å². The van der Waals surface area contributed by atoms with Crippen LogP contribution >= 0.6 is 0 Å². The van der Waals surface area contributed by atoms with Crippen molar-refractivity contribution >= 4 is 5.97 Å². The zero-order valence-corrected chi connectivity index (χ0v) is 11.8. The van der Waals surface area contributed by atoms with Gasteiger partial charge in [0.2, 0.25) is 0 Å². The third-order valence-corrected chi connectivity index (χ3v) is 2.98. The minimum absolute atomic E-state index is 0.0843. The van der Waals surface area contributed by atoms with Crippen molar-refractivity contribution in [3.05, 3.63) is 35.4 Å². The molecule has 1 aromatic carbocycles. The summed E-state index contributed by atoms with van der Waals surface area (Å²) >= 11 is 0. The summed E-state index contributed by atoms with van der Waals surface area (Å²) in [5.74, 6) is -0.201. The number of ether oxygens (including phenoxy) is 1. The van der Waals surface area contributed by atoms with E-state index in [4.69, 9.17) is 4.74 Å². The number of aryl methyl sites for hydroxylation is 1. The highest BCUT2D eigenvalue weighted by atomic mass is 16.5. The van der Waals surface area contributed by atoms with E-state index in [2.05, 4.69) is 24.0 Å². The Labute approximate surface area is 110 Å². The van der Waals surface area contributed by atoms with Gasteiger partial charge in [0.15, 0.2) is 0 Å². The average molecular weight is 249 g/mol. The smallest absolute Gasteiger partial charge is 0.309 e. The molecular weight excluding hydrogens is 226 g/mol. The molecule has 1 atom stereocenters. The SMILES string of the molecule is CCOC(=O)C(C)CN(C)Cc1ccccc1C. The Morgan fingerprint density at radius 1 is 1.39 bits per heavy atom. The van der Waals surface area contributed by atoms with Crippen molar-refractivity contribution < 1.29 is 9.53 Å². The summed E-state index contributed by atoms with van der Waals surface area (Å²) in [5.41, 5.74) is 2.59. The van der Waals surface area contributed by atoms with Gasteiger partial charge in [-0.25, -0.2) is 0 Å². The standard InChI is InChI=1S/C15H23NO2/c1-5-18-15(17)13(3)10-16(4)11-14-9-7-6-8-12(14)2/h6-9,13H,5,10-11H2,1-4H3. The summed E-state index contributed by atoms with van der Waals surface area (Å²) in [7, 11) is 2.03. The van der Waals surface area contributed by atoms with E-state index in [9.17, 15) is 4.79 Å². The van der Waals surface area contributed by atoms with Crippen LogP contribution in [0.15, 0.2) is 24.3 Å². The molecule has 3 nitrogen and oxygen atoms in total. The van der Waals surface area contributed by atoms with Gasteiger partial charge in [-0.05, 0) is 32.0 Å². The number of carbonyl (C=O) groups excluding carboxylic acids is 1. The summed E-state index contributed by atoms with van der Waals surface area (Å²) < 4.78 is 5.01. The first-order chi connectivity index (χ1) is 8.54. The van der Waals surface area contributed by atoms with Crippen LogP contribution in [0.5, 0.6) is 0 Å². The van der Waals surface area contributed by atoms with Crippen molar-refractivity contribution in [1.29, 1.82) is 0 Å². The molecule has 0 amide bonds. The monoisotopic (exact) mass is 249 g/mol. The lowest BCUT2D eigenvalue weighted by Crippen LogP contribution is -2.29. The van der Waals surface area contributed by atoms with Gasteiger partial charge in [-0.1, -0.05) is 31.2 Å². The Bertz CT molecular complexity index is 390. The summed E-state index contributed by atoms with van der Waals surface area (Å²) in [6.45, 7) is 7.88. The van der Waals surface area contributed by atoms with Crippen LogP contribution in [0.4, 0.5) is 0 Å². The number of rotatable bonds is 6. The second kappa shape index (κ2) is 7.17. The van der Waals surface area contributed by atoms with Crippen molar-refractivity contribution in [2.24, 2.45) is 5.92 Å². The van der Waals surface area contributed by atoms with Crippen molar-refractivity contribution in [2.45, 2.75) is 27.3 Å². The van der Waals surface area contributed by atoms with Gasteiger partial charge >= 0.3 is 5.97 Å². The molecular formula is C15H23NO2. The zero-order valence-electron chi connectivity index (χ0n) is 11.8. The Morgan fingerprint density at radius 3 is 2.67 bits per heavy atom. The molecule has 0 aliphatic rings. The molecule has 1 aromatic rings. The van der Waals surface area contributed by atoms with Gasteiger partial charge in [0, 0.05) is 13.1 Å². The van der Waals surface area contributed by atoms with Crippen molar-refractivity contribution in [3.63, 3.8) is 0 Å². The van der Waals surface area contributed by atoms with E-state index in [1.807, 2.05) is 33.0 Å².